The van der Waals surface area contributed by atoms with Crippen LogP contribution in [0.25, 0.3) is 0 Å². The Morgan fingerprint density at radius 3 is 2.83 bits per heavy atom. The van der Waals surface area contributed by atoms with Crippen molar-refractivity contribution in [2.45, 2.75) is 25.7 Å². The lowest BCUT2D eigenvalue weighted by atomic mass is 9.95. The predicted octanol–water partition coefficient (Wildman–Crippen LogP) is 1.79. The second-order valence-corrected chi connectivity index (χ2v) is 6.07. The standard InChI is InChI=1S/C17H22N6O/c1-18-16-12-19-15(11-20-16)9-13-3-2-7-23(8-5-13)17(24)14-4-6-21-22-10-14/h4,6,10-13H,2-3,5,7-9H2,1H3,(H,18,20). The van der Waals surface area contributed by atoms with Crippen molar-refractivity contribution in [3.63, 3.8) is 0 Å². The zero-order valence-corrected chi connectivity index (χ0v) is 13.9. The molecular weight excluding hydrogens is 304 g/mol. The largest absolute Gasteiger partial charge is 0.372 e. The molecular formula is C17H22N6O. The zero-order valence-electron chi connectivity index (χ0n) is 13.9. The van der Waals surface area contributed by atoms with Crippen LogP contribution in [0.1, 0.15) is 35.3 Å². The van der Waals surface area contributed by atoms with Crippen LogP contribution in [0.2, 0.25) is 0 Å². The Morgan fingerprint density at radius 1 is 1.21 bits per heavy atom. The summed E-state index contributed by atoms with van der Waals surface area (Å²) in [5.74, 6) is 1.36. The first-order valence-corrected chi connectivity index (χ1v) is 8.31. The van der Waals surface area contributed by atoms with E-state index in [1.807, 2.05) is 18.1 Å². The summed E-state index contributed by atoms with van der Waals surface area (Å²) in [5, 5.41) is 10.5. The summed E-state index contributed by atoms with van der Waals surface area (Å²) in [6.45, 7) is 1.57. The van der Waals surface area contributed by atoms with Crippen LogP contribution in [0.4, 0.5) is 5.82 Å². The topological polar surface area (TPSA) is 83.9 Å². The Kier molecular flexibility index (Phi) is 5.30. The number of hydrogen-bond acceptors (Lipinski definition) is 6. The molecule has 3 heterocycles. The van der Waals surface area contributed by atoms with E-state index in [-0.39, 0.29) is 5.91 Å². The molecule has 0 radical (unpaired) electrons. The minimum atomic E-state index is 0.0451. The van der Waals surface area contributed by atoms with Gasteiger partial charge in [0.25, 0.3) is 5.91 Å². The Labute approximate surface area is 141 Å². The van der Waals surface area contributed by atoms with Crippen molar-refractivity contribution in [1.29, 1.82) is 0 Å². The summed E-state index contributed by atoms with van der Waals surface area (Å²) < 4.78 is 0. The molecule has 1 N–H and O–H groups in total. The highest BCUT2D eigenvalue weighted by molar-refractivity contribution is 5.93. The molecule has 2 aromatic rings. The number of nitrogens with zero attached hydrogens (tertiary/aromatic N) is 5. The van der Waals surface area contributed by atoms with Gasteiger partial charge in [-0.1, -0.05) is 0 Å². The molecule has 7 heteroatoms. The lowest BCUT2D eigenvalue weighted by Gasteiger charge is -2.20. The maximum Gasteiger partial charge on any atom is 0.255 e. The highest BCUT2D eigenvalue weighted by atomic mass is 16.2. The second-order valence-electron chi connectivity index (χ2n) is 6.07. The number of anilines is 1. The molecule has 1 saturated heterocycles. The van der Waals surface area contributed by atoms with Crippen molar-refractivity contribution in [3.05, 3.63) is 42.1 Å². The van der Waals surface area contributed by atoms with Crippen LogP contribution < -0.4 is 5.32 Å². The summed E-state index contributed by atoms with van der Waals surface area (Å²) in [6, 6.07) is 1.72. The minimum Gasteiger partial charge on any atom is -0.372 e. The van der Waals surface area contributed by atoms with Crippen LogP contribution >= 0.6 is 0 Å². The van der Waals surface area contributed by atoms with Crippen LogP contribution in [0.5, 0.6) is 0 Å². The van der Waals surface area contributed by atoms with Crippen molar-refractivity contribution < 1.29 is 4.79 Å². The highest BCUT2D eigenvalue weighted by Gasteiger charge is 2.22. The first-order chi connectivity index (χ1) is 11.8. The molecule has 1 fully saturated rings. The number of hydrogen-bond donors (Lipinski definition) is 1. The van der Waals surface area contributed by atoms with Gasteiger partial charge in [-0.15, -0.1) is 0 Å². The van der Waals surface area contributed by atoms with Crippen LogP contribution in [0.15, 0.2) is 30.9 Å². The van der Waals surface area contributed by atoms with Gasteiger partial charge < -0.3 is 10.2 Å². The predicted molar refractivity (Wildman–Crippen MR) is 90.6 cm³/mol. The van der Waals surface area contributed by atoms with E-state index in [9.17, 15) is 4.79 Å². The number of rotatable bonds is 4. The molecule has 2 aromatic heterocycles. The summed E-state index contributed by atoms with van der Waals surface area (Å²) in [4.78, 5) is 23.2. The fourth-order valence-electron chi connectivity index (χ4n) is 3.06. The van der Waals surface area contributed by atoms with Crippen molar-refractivity contribution >= 4 is 11.7 Å². The summed E-state index contributed by atoms with van der Waals surface area (Å²) in [7, 11) is 1.83. The van der Waals surface area contributed by atoms with E-state index in [0.29, 0.717) is 11.5 Å². The van der Waals surface area contributed by atoms with Crippen molar-refractivity contribution in [3.8, 4) is 0 Å². The molecule has 1 aliphatic heterocycles. The number of carbonyl (C=O) groups is 1. The van der Waals surface area contributed by atoms with Crippen molar-refractivity contribution in [2.75, 3.05) is 25.5 Å². The number of carbonyl (C=O) groups excluding carboxylic acids is 1. The molecule has 0 spiro atoms. The molecule has 1 aliphatic rings. The quantitative estimate of drug-likeness (QED) is 0.922. The van der Waals surface area contributed by atoms with Gasteiger partial charge in [0.15, 0.2) is 0 Å². The summed E-state index contributed by atoms with van der Waals surface area (Å²) >= 11 is 0. The lowest BCUT2D eigenvalue weighted by Crippen LogP contribution is -2.32. The van der Waals surface area contributed by atoms with Crippen LogP contribution in [0, 0.1) is 5.92 Å². The van der Waals surface area contributed by atoms with Crippen LogP contribution in [-0.2, 0) is 6.42 Å². The van der Waals surface area contributed by atoms with E-state index in [2.05, 4.69) is 25.5 Å². The molecule has 24 heavy (non-hydrogen) atoms. The number of aromatic nitrogens is 4. The first-order valence-electron chi connectivity index (χ1n) is 8.31. The minimum absolute atomic E-state index is 0.0451. The van der Waals surface area contributed by atoms with Gasteiger partial charge in [0, 0.05) is 20.1 Å². The average Bonchev–Trinajstić information content (AvgIpc) is 2.88. The molecule has 0 bridgehead atoms. The Bertz CT molecular complexity index is 661. The number of nitrogens with one attached hydrogen (secondary N) is 1. The first kappa shape index (κ1) is 16.3. The van der Waals surface area contributed by atoms with Gasteiger partial charge in [-0.3, -0.25) is 9.78 Å². The average molecular weight is 326 g/mol. The summed E-state index contributed by atoms with van der Waals surface area (Å²) in [6.07, 6.45) is 10.7. The third kappa shape index (κ3) is 4.04. The lowest BCUT2D eigenvalue weighted by molar-refractivity contribution is 0.0759. The zero-order chi connectivity index (χ0) is 16.8. The smallest absolute Gasteiger partial charge is 0.255 e. The molecule has 0 aliphatic carbocycles. The van der Waals surface area contributed by atoms with Crippen LogP contribution in [0.3, 0.4) is 0 Å². The molecule has 0 aromatic carbocycles. The Hall–Kier alpha value is -2.57. The summed E-state index contributed by atoms with van der Waals surface area (Å²) in [5.41, 5.74) is 1.62. The number of likely N-dealkylation sites (tertiary alicyclic amines) is 1. The second kappa shape index (κ2) is 7.81. The SMILES string of the molecule is CNc1cnc(CC2CCCN(C(=O)c3ccnnc3)CC2)cn1. The van der Waals surface area contributed by atoms with E-state index in [1.54, 1.807) is 18.5 Å². The molecule has 1 atom stereocenters. The van der Waals surface area contributed by atoms with Gasteiger partial charge >= 0.3 is 0 Å². The fourth-order valence-corrected chi connectivity index (χ4v) is 3.06. The van der Waals surface area contributed by atoms with Crippen molar-refractivity contribution in [1.82, 2.24) is 25.1 Å². The molecule has 1 amide bonds. The van der Waals surface area contributed by atoms with Gasteiger partial charge in [0.2, 0.25) is 0 Å². The highest BCUT2D eigenvalue weighted by Crippen LogP contribution is 2.22. The monoisotopic (exact) mass is 326 g/mol. The molecule has 126 valence electrons. The Balaban J connectivity index is 1.57. The van der Waals surface area contributed by atoms with Gasteiger partial charge in [-0.25, -0.2) is 4.98 Å². The Morgan fingerprint density at radius 2 is 2.12 bits per heavy atom. The van der Waals surface area contributed by atoms with Gasteiger partial charge in [0.05, 0.1) is 36.0 Å². The number of amides is 1. The molecule has 7 nitrogen and oxygen atoms in total. The maximum absolute atomic E-state index is 12.5. The molecule has 3 rings (SSSR count). The third-order valence-electron chi connectivity index (χ3n) is 4.43. The van der Waals surface area contributed by atoms with E-state index in [0.717, 1.165) is 50.3 Å². The van der Waals surface area contributed by atoms with E-state index >= 15 is 0 Å². The van der Waals surface area contributed by atoms with E-state index in [1.165, 1.54) is 6.20 Å². The van der Waals surface area contributed by atoms with Gasteiger partial charge in [-0.05, 0) is 37.7 Å². The van der Waals surface area contributed by atoms with Gasteiger partial charge in [-0.2, -0.15) is 10.2 Å². The fraction of sp³-hybridized carbons (Fsp3) is 0.471. The van der Waals surface area contributed by atoms with Crippen LogP contribution in [-0.4, -0.2) is 51.1 Å². The normalized spacial score (nSPS) is 18.0. The maximum atomic E-state index is 12.5. The van der Waals surface area contributed by atoms with Gasteiger partial charge in [0.1, 0.15) is 5.82 Å². The molecule has 1 unspecified atom stereocenters. The van der Waals surface area contributed by atoms with E-state index < -0.39 is 0 Å². The van der Waals surface area contributed by atoms with E-state index in [4.69, 9.17) is 0 Å². The third-order valence-corrected chi connectivity index (χ3v) is 4.43. The van der Waals surface area contributed by atoms with Crippen molar-refractivity contribution in [2.24, 2.45) is 5.92 Å². The molecule has 0 saturated carbocycles.